The molecule has 1 aromatic rings. The lowest BCUT2D eigenvalue weighted by molar-refractivity contribution is 0.296. The second-order valence-electron chi connectivity index (χ2n) is 5.86. The number of nitrogens with one attached hydrogen (secondary N) is 1. The van der Waals surface area contributed by atoms with E-state index in [0.29, 0.717) is 6.04 Å². The molecule has 18 heavy (non-hydrogen) atoms. The molecule has 0 bridgehead atoms. The third-order valence-electron chi connectivity index (χ3n) is 4.02. The number of benzene rings is 1. The molecule has 1 unspecified atom stereocenters. The summed E-state index contributed by atoms with van der Waals surface area (Å²) in [6, 6.07) is 7.26. The van der Waals surface area contributed by atoms with Crippen LogP contribution in [0.15, 0.2) is 18.2 Å². The van der Waals surface area contributed by atoms with Gasteiger partial charge in [-0.25, -0.2) is 0 Å². The molecule has 1 aliphatic carbocycles. The van der Waals surface area contributed by atoms with Crippen LogP contribution in [0, 0.1) is 12.8 Å². The monoisotopic (exact) mass is 245 g/mol. The molecule has 1 saturated heterocycles. The van der Waals surface area contributed by atoms with E-state index in [1.807, 2.05) is 0 Å². The van der Waals surface area contributed by atoms with E-state index in [-0.39, 0.29) is 0 Å². The largest absolute Gasteiger partial charge is 0.493 e. The van der Waals surface area contributed by atoms with Gasteiger partial charge in [0, 0.05) is 6.04 Å². The van der Waals surface area contributed by atoms with Crippen LogP contribution in [0.3, 0.4) is 0 Å². The number of ether oxygens (including phenoxy) is 1. The summed E-state index contributed by atoms with van der Waals surface area (Å²) in [7, 11) is 0. The van der Waals surface area contributed by atoms with Crippen molar-refractivity contribution in [2.75, 3.05) is 13.2 Å². The first-order valence-electron chi connectivity index (χ1n) is 7.27. The first-order valence-corrected chi connectivity index (χ1v) is 7.27. The molecule has 1 N–H and O–H groups in total. The van der Waals surface area contributed by atoms with E-state index in [9.17, 15) is 0 Å². The topological polar surface area (TPSA) is 21.3 Å². The van der Waals surface area contributed by atoms with Gasteiger partial charge in [0.15, 0.2) is 0 Å². The average molecular weight is 245 g/mol. The molecule has 0 amide bonds. The molecule has 3 rings (SSSR count). The summed E-state index contributed by atoms with van der Waals surface area (Å²) in [5.74, 6) is 1.94. The summed E-state index contributed by atoms with van der Waals surface area (Å²) >= 11 is 0. The Kier molecular flexibility index (Phi) is 3.55. The number of hydrogen-bond donors (Lipinski definition) is 1. The third-order valence-corrected chi connectivity index (χ3v) is 4.02. The molecular weight excluding hydrogens is 222 g/mol. The fourth-order valence-corrected chi connectivity index (χ4v) is 2.70. The first kappa shape index (κ1) is 12.0. The van der Waals surface area contributed by atoms with Crippen molar-refractivity contribution in [1.29, 1.82) is 0 Å². The van der Waals surface area contributed by atoms with Crippen molar-refractivity contribution in [3.05, 3.63) is 29.3 Å². The molecule has 0 aromatic heterocycles. The Labute approximate surface area is 110 Å². The van der Waals surface area contributed by atoms with Gasteiger partial charge in [0.05, 0.1) is 6.61 Å². The maximum Gasteiger partial charge on any atom is 0.122 e. The Morgan fingerprint density at radius 2 is 2.17 bits per heavy atom. The summed E-state index contributed by atoms with van der Waals surface area (Å²) in [4.78, 5) is 0. The zero-order valence-corrected chi connectivity index (χ0v) is 11.2. The van der Waals surface area contributed by atoms with Crippen LogP contribution in [-0.2, 0) is 6.42 Å². The van der Waals surface area contributed by atoms with Crippen LogP contribution in [0.5, 0.6) is 5.75 Å². The average Bonchev–Trinajstić information content (AvgIpc) is 3.05. The number of hydrogen-bond acceptors (Lipinski definition) is 2. The van der Waals surface area contributed by atoms with Gasteiger partial charge in [-0.1, -0.05) is 17.7 Å². The van der Waals surface area contributed by atoms with Gasteiger partial charge in [-0.15, -0.1) is 0 Å². The normalized spacial score (nSPS) is 23.3. The van der Waals surface area contributed by atoms with E-state index < -0.39 is 0 Å². The maximum atomic E-state index is 6.00. The molecule has 1 aliphatic heterocycles. The minimum absolute atomic E-state index is 0.648. The predicted molar refractivity (Wildman–Crippen MR) is 74.1 cm³/mol. The van der Waals surface area contributed by atoms with E-state index >= 15 is 0 Å². The molecule has 98 valence electrons. The number of rotatable bonds is 5. The molecule has 1 saturated carbocycles. The Morgan fingerprint density at radius 3 is 2.89 bits per heavy atom. The van der Waals surface area contributed by atoms with Crippen LogP contribution in [-0.4, -0.2) is 19.2 Å². The molecule has 2 aliphatic rings. The Morgan fingerprint density at radius 1 is 1.28 bits per heavy atom. The van der Waals surface area contributed by atoms with Crippen LogP contribution in [0.4, 0.5) is 0 Å². The van der Waals surface area contributed by atoms with E-state index in [1.54, 1.807) is 0 Å². The highest BCUT2D eigenvalue weighted by Crippen LogP contribution is 2.31. The van der Waals surface area contributed by atoms with Gasteiger partial charge in [0.1, 0.15) is 5.75 Å². The van der Waals surface area contributed by atoms with Crippen LogP contribution in [0.1, 0.15) is 36.8 Å². The highest BCUT2D eigenvalue weighted by molar-refractivity contribution is 5.37. The van der Waals surface area contributed by atoms with Crippen molar-refractivity contribution in [3.63, 3.8) is 0 Å². The minimum atomic E-state index is 0.648. The standard InChI is InChI=1S/C16H23NO/c1-12-4-7-16(18-11-13-5-6-13)14(9-12)10-15-3-2-8-17-15/h4,7,9,13,15,17H,2-3,5-6,8,10-11H2,1H3. The lowest BCUT2D eigenvalue weighted by Gasteiger charge is -2.15. The highest BCUT2D eigenvalue weighted by Gasteiger charge is 2.23. The quantitative estimate of drug-likeness (QED) is 0.860. The molecule has 0 spiro atoms. The van der Waals surface area contributed by atoms with E-state index in [0.717, 1.165) is 24.7 Å². The molecule has 0 radical (unpaired) electrons. The fourth-order valence-electron chi connectivity index (χ4n) is 2.70. The van der Waals surface area contributed by atoms with Crippen molar-refractivity contribution in [3.8, 4) is 5.75 Å². The van der Waals surface area contributed by atoms with Crippen LogP contribution in [0.25, 0.3) is 0 Å². The summed E-state index contributed by atoms with van der Waals surface area (Å²) in [5, 5.41) is 3.57. The zero-order chi connectivity index (χ0) is 12.4. The Bertz CT molecular complexity index is 406. The second-order valence-corrected chi connectivity index (χ2v) is 5.86. The number of aryl methyl sites for hydroxylation is 1. The zero-order valence-electron chi connectivity index (χ0n) is 11.2. The van der Waals surface area contributed by atoms with Gasteiger partial charge in [-0.2, -0.15) is 0 Å². The van der Waals surface area contributed by atoms with E-state index in [1.165, 1.54) is 43.4 Å². The van der Waals surface area contributed by atoms with Crippen molar-refractivity contribution in [1.82, 2.24) is 5.32 Å². The van der Waals surface area contributed by atoms with Gasteiger partial charge in [0.2, 0.25) is 0 Å². The van der Waals surface area contributed by atoms with Gasteiger partial charge < -0.3 is 10.1 Å². The van der Waals surface area contributed by atoms with Crippen molar-refractivity contribution >= 4 is 0 Å². The lowest BCUT2D eigenvalue weighted by atomic mass is 10.0. The summed E-state index contributed by atoms with van der Waals surface area (Å²) in [5.41, 5.74) is 2.72. The van der Waals surface area contributed by atoms with Crippen molar-refractivity contribution in [2.45, 2.75) is 45.1 Å². The molecule has 2 heteroatoms. The lowest BCUT2D eigenvalue weighted by Crippen LogP contribution is -2.24. The van der Waals surface area contributed by atoms with Crippen LogP contribution in [0.2, 0.25) is 0 Å². The molecule has 1 heterocycles. The summed E-state index contributed by atoms with van der Waals surface area (Å²) < 4.78 is 6.00. The molecule has 1 aromatic carbocycles. The fraction of sp³-hybridized carbons (Fsp3) is 0.625. The van der Waals surface area contributed by atoms with Gasteiger partial charge in [0.25, 0.3) is 0 Å². The van der Waals surface area contributed by atoms with E-state index in [2.05, 4.69) is 30.4 Å². The Balaban J connectivity index is 1.69. The van der Waals surface area contributed by atoms with E-state index in [4.69, 9.17) is 4.74 Å². The SMILES string of the molecule is Cc1ccc(OCC2CC2)c(CC2CCCN2)c1. The molecule has 2 nitrogen and oxygen atoms in total. The molecule has 2 fully saturated rings. The van der Waals surface area contributed by atoms with Gasteiger partial charge >= 0.3 is 0 Å². The Hall–Kier alpha value is -1.02. The smallest absolute Gasteiger partial charge is 0.122 e. The third kappa shape index (κ3) is 3.05. The van der Waals surface area contributed by atoms with Gasteiger partial charge in [-0.05, 0) is 63.1 Å². The molecule has 1 atom stereocenters. The predicted octanol–water partition coefficient (Wildman–Crippen LogP) is 3.08. The highest BCUT2D eigenvalue weighted by atomic mass is 16.5. The maximum absolute atomic E-state index is 6.00. The minimum Gasteiger partial charge on any atom is -0.493 e. The second kappa shape index (κ2) is 5.31. The van der Waals surface area contributed by atoms with Crippen LogP contribution >= 0.6 is 0 Å². The molecular formula is C16H23NO. The summed E-state index contributed by atoms with van der Waals surface area (Å²) in [6.45, 7) is 4.25. The first-order chi connectivity index (χ1) is 8.81. The van der Waals surface area contributed by atoms with Crippen molar-refractivity contribution < 1.29 is 4.74 Å². The summed E-state index contributed by atoms with van der Waals surface area (Å²) in [6.07, 6.45) is 6.43. The van der Waals surface area contributed by atoms with Crippen molar-refractivity contribution in [2.24, 2.45) is 5.92 Å². The van der Waals surface area contributed by atoms with Crippen LogP contribution < -0.4 is 10.1 Å². The van der Waals surface area contributed by atoms with Gasteiger partial charge in [-0.3, -0.25) is 0 Å².